The Hall–Kier alpha value is -1.62. The van der Waals surface area contributed by atoms with Crippen molar-refractivity contribution in [1.29, 1.82) is 0 Å². The fraction of sp³-hybridized carbons (Fsp3) is 0.571. The van der Waals surface area contributed by atoms with Crippen LogP contribution in [0.1, 0.15) is 11.1 Å². The van der Waals surface area contributed by atoms with Crippen LogP contribution in [0.25, 0.3) is 0 Å². The lowest BCUT2D eigenvalue weighted by atomic mass is 9.99. The third-order valence-corrected chi connectivity index (χ3v) is 3.80. The van der Waals surface area contributed by atoms with Crippen molar-refractivity contribution >= 4 is 5.69 Å². The van der Waals surface area contributed by atoms with E-state index in [0.717, 1.165) is 5.56 Å². The van der Waals surface area contributed by atoms with Gasteiger partial charge in [0.25, 0.3) is 5.69 Å². The van der Waals surface area contributed by atoms with E-state index in [2.05, 4.69) is 0 Å². The molecule has 1 aromatic rings. The predicted molar refractivity (Wildman–Crippen MR) is 76.4 cm³/mol. The van der Waals surface area contributed by atoms with Gasteiger partial charge in [-0.2, -0.15) is 0 Å². The normalized spacial score (nSPS) is 31.1. The minimum absolute atomic E-state index is 0.0944. The van der Waals surface area contributed by atoms with Crippen LogP contribution < -0.4 is 0 Å². The Bertz CT molecular complexity index is 564. The molecule has 9 heteroatoms. The van der Waals surface area contributed by atoms with Crippen LogP contribution in [-0.4, -0.2) is 62.7 Å². The smallest absolute Gasteiger partial charge is 0.269 e. The third-order valence-electron chi connectivity index (χ3n) is 3.80. The van der Waals surface area contributed by atoms with Gasteiger partial charge in [0.05, 0.1) is 18.1 Å². The van der Waals surface area contributed by atoms with Crippen molar-refractivity contribution in [3.05, 3.63) is 39.4 Å². The van der Waals surface area contributed by atoms with Crippen LogP contribution in [0, 0.1) is 17.0 Å². The van der Waals surface area contributed by atoms with Crippen molar-refractivity contribution in [2.24, 2.45) is 0 Å². The number of benzene rings is 1. The second kappa shape index (κ2) is 7.30. The van der Waals surface area contributed by atoms with Gasteiger partial charge in [0.2, 0.25) is 0 Å². The SMILES string of the molecule is Cc1ccc([N+](=O)[O-])cc1COC1OC(CO)C(O)C(O)C1O. The number of non-ortho nitro benzene ring substituents is 1. The van der Waals surface area contributed by atoms with E-state index in [4.69, 9.17) is 14.6 Å². The summed E-state index contributed by atoms with van der Waals surface area (Å²) in [6.07, 6.45) is -6.84. The molecule has 1 heterocycles. The molecule has 5 atom stereocenters. The molecule has 1 aliphatic heterocycles. The van der Waals surface area contributed by atoms with Crippen LogP contribution >= 0.6 is 0 Å². The molecule has 0 radical (unpaired) electrons. The topological polar surface area (TPSA) is 143 Å². The summed E-state index contributed by atoms with van der Waals surface area (Å²) in [5, 5.41) is 49.1. The molecule has 1 aromatic carbocycles. The van der Waals surface area contributed by atoms with E-state index >= 15 is 0 Å². The van der Waals surface area contributed by atoms with Crippen molar-refractivity contribution in [2.45, 2.75) is 44.2 Å². The summed E-state index contributed by atoms with van der Waals surface area (Å²) < 4.78 is 10.6. The maximum absolute atomic E-state index is 10.8. The van der Waals surface area contributed by atoms with Crippen LogP contribution in [0.5, 0.6) is 0 Å². The van der Waals surface area contributed by atoms with Crippen LogP contribution in [0.3, 0.4) is 0 Å². The van der Waals surface area contributed by atoms with Gasteiger partial charge in [0.1, 0.15) is 24.4 Å². The molecule has 9 nitrogen and oxygen atoms in total. The molecule has 2 rings (SSSR count). The quantitative estimate of drug-likeness (QED) is 0.407. The van der Waals surface area contributed by atoms with Crippen LogP contribution in [0.15, 0.2) is 18.2 Å². The van der Waals surface area contributed by atoms with E-state index in [0.29, 0.717) is 5.56 Å². The first-order chi connectivity index (χ1) is 10.8. The average Bonchev–Trinajstić information content (AvgIpc) is 2.53. The fourth-order valence-electron chi connectivity index (χ4n) is 2.30. The van der Waals surface area contributed by atoms with E-state index in [-0.39, 0.29) is 12.3 Å². The molecule has 4 N–H and O–H groups in total. The molecule has 0 aromatic heterocycles. The maximum Gasteiger partial charge on any atom is 0.269 e. The highest BCUT2D eigenvalue weighted by Gasteiger charge is 2.44. The molecule has 1 fully saturated rings. The molecule has 0 spiro atoms. The zero-order chi connectivity index (χ0) is 17.1. The minimum Gasteiger partial charge on any atom is -0.394 e. The van der Waals surface area contributed by atoms with Crippen LogP contribution in [0.2, 0.25) is 0 Å². The van der Waals surface area contributed by atoms with Gasteiger partial charge in [-0.05, 0) is 18.1 Å². The molecule has 1 aliphatic rings. The third kappa shape index (κ3) is 3.83. The highest BCUT2D eigenvalue weighted by molar-refractivity contribution is 5.38. The Labute approximate surface area is 131 Å². The lowest BCUT2D eigenvalue weighted by molar-refractivity contribution is -0.385. The molecule has 5 unspecified atom stereocenters. The van der Waals surface area contributed by atoms with E-state index in [1.54, 1.807) is 13.0 Å². The summed E-state index contributed by atoms with van der Waals surface area (Å²) in [4.78, 5) is 10.3. The van der Waals surface area contributed by atoms with Crippen LogP contribution in [0.4, 0.5) is 5.69 Å². The number of aliphatic hydroxyl groups excluding tert-OH is 4. The van der Waals surface area contributed by atoms with Gasteiger partial charge in [-0.25, -0.2) is 0 Å². The molecule has 0 aliphatic carbocycles. The van der Waals surface area contributed by atoms with Gasteiger partial charge in [-0.1, -0.05) is 6.07 Å². The zero-order valence-electron chi connectivity index (χ0n) is 12.4. The molecule has 23 heavy (non-hydrogen) atoms. The first-order valence-electron chi connectivity index (χ1n) is 7.01. The number of nitro benzene ring substituents is 1. The lowest BCUT2D eigenvalue weighted by Crippen LogP contribution is -2.59. The number of aliphatic hydroxyl groups is 4. The van der Waals surface area contributed by atoms with Crippen LogP contribution in [-0.2, 0) is 16.1 Å². The first-order valence-corrected chi connectivity index (χ1v) is 7.01. The molecule has 128 valence electrons. The number of nitrogens with zero attached hydrogens (tertiary/aromatic N) is 1. The van der Waals surface area contributed by atoms with E-state index in [9.17, 15) is 25.4 Å². The molecule has 0 amide bonds. The number of aryl methyl sites for hydroxylation is 1. The standard InChI is InChI=1S/C14H19NO8/c1-7-2-3-9(15(20)21)4-8(7)6-22-14-13(19)12(18)11(17)10(5-16)23-14/h2-4,10-14,16-19H,5-6H2,1H3. The van der Waals surface area contributed by atoms with Crippen molar-refractivity contribution < 1.29 is 34.8 Å². The summed E-state index contributed by atoms with van der Waals surface area (Å²) in [5.41, 5.74) is 1.18. The summed E-state index contributed by atoms with van der Waals surface area (Å²) in [6.45, 7) is 1.09. The molecular formula is C14H19NO8. The molecule has 0 saturated carbocycles. The van der Waals surface area contributed by atoms with Gasteiger partial charge in [-0.15, -0.1) is 0 Å². The Kier molecular flexibility index (Phi) is 5.63. The Morgan fingerprint density at radius 3 is 2.57 bits per heavy atom. The number of hydrogen-bond acceptors (Lipinski definition) is 8. The highest BCUT2D eigenvalue weighted by Crippen LogP contribution is 2.24. The fourth-order valence-corrected chi connectivity index (χ4v) is 2.30. The van der Waals surface area contributed by atoms with Gasteiger partial charge in [0, 0.05) is 12.1 Å². The summed E-state index contributed by atoms with van der Waals surface area (Å²) in [6, 6.07) is 4.29. The second-order valence-electron chi connectivity index (χ2n) is 5.38. The first kappa shape index (κ1) is 17.7. The number of ether oxygens (including phenoxy) is 2. The second-order valence-corrected chi connectivity index (χ2v) is 5.38. The van der Waals surface area contributed by atoms with E-state index < -0.39 is 42.2 Å². The largest absolute Gasteiger partial charge is 0.394 e. The number of hydrogen-bond donors (Lipinski definition) is 4. The van der Waals surface area contributed by atoms with Gasteiger partial charge in [-0.3, -0.25) is 10.1 Å². The summed E-state index contributed by atoms with van der Waals surface area (Å²) >= 11 is 0. The predicted octanol–water partition coefficient (Wildman–Crippen LogP) is -0.780. The van der Waals surface area contributed by atoms with E-state index in [1.165, 1.54) is 12.1 Å². The summed E-state index contributed by atoms with van der Waals surface area (Å²) in [7, 11) is 0. The van der Waals surface area contributed by atoms with Gasteiger partial charge < -0.3 is 29.9 Å². The lowest BCUT2D eigenvalue weighted by Gasteiger charge is -2.39. The number of rotatable bonds is 5. The van der Waals surface area contributed by atoms with Crippen molar-refractivity contribution in [3.63, 3.8) is 0 Å². The van der Waals surface area contributed by atoms with E-state index in [1.807, 2.05) is 0 Å². The van der Waals surface area contributed by atoms with Gasteiger partial charge >= 0.3 is 0 Å². The monoisotopic (exact) mass is 329 g/mol. The Morgan fingerprint density at radius 2 is 1.96 bits per heavy atom. The maximum atomic E-state index is 10.8. The highest BCUT2D eigenvalue weighted by atomic mass is 16.7. The zero-order valence-corrected chi connectivity index (χ0v) is 12.4. The molecule has 0 bridgehead atoms. The van der Waals surface area contributed by atoms with Crippen molar-refractivity contribution in [2.75, 3.05) is 6.61 Å². The Balaban J connectivity index is 2.08. The van der Waals surface area contributed by atoms with Crippen molar-refractivity contribution in [3.8, 4) is 0 Å². The van der Waals surface area contributed by atoms with Crippen molar-refractivity contribution in [1.82, 2.24) is 0 Å². The Morgan fingerprint density at radius 1 is 1.26 bits per heavy atom. The molecular weight excluding hydrogens is 310 g/mol. The van der Waals surface area contributed by atoms with Gasteiger partial charge in [0.15, 0.2) is 6.29 Å². The molecule has 1 saturated heterocycles. The number of nitro groups is 1. The minimum atomic E-state index is -1.53. The average molecular weight is 329 g/mol. The summed E-state index contributed by atoms with van der Waals surface area (Å²) in [5.74, 6) is 0.